The summed E-state index contributed by atoms with van der Waals surface area (Å²) in [4.78, 5) is 43.5. The maximum atomic E-state index is 14.2. The molecule has 2 aliphatic heterocycles. The van der Waals surface area contributed by atoms with Crippen LogP contribution >= 0.6 is 0 Å². The fourth-order valence-corrected chi connectivity index (χ4v) is 6.71. The molecule has 0 radical (unpaired) electrons. The minimum absolute atomic E-state index is 0.0578. The number of amides is 3. The van der Waals surface area contributed by atoms with Crippen molar-refractivity contribution in [2.45, 2.75) is 57.5 Å². The van der Waals surface area contributed by atoms with E-state index in [4.69, 9.17) is 0 Å². The summed E-state index contributed by atoms with van der Waals surface area (Å²) in [5, 5.41) is 14.0. The Bertz CT molecular complexity index is 1660. The van der Waals surface area contributed by atoms with Crippen LogP contribution in [0.4, 0.5) is 0 Å². The maximum Gasteiger partial charge on any atom is 0.245 e. The van der Waals surface area contributed by atoms with Gasteiger partial charge in [0.25, 0.3) is 0 Å². The van der Waals surface area contributed by atoms with E-state index in [1.165, 1.54) is 0 Å². The van der Waals surface area contributed by atoms with Gasteiger partial charge >= 0.3 is 0 Å². The number of nitrogens with one attached hydrogen (secondary N) is 3. The van der Waals surface area contributed by atoms with Crippen molar-refractivity contribution in [2.24, 2.45) is 11.8 Å². The molecule has 234 valence electrons. The van der Waals surface area contributed by atoms with E-state index in [0.29, 0.717) is 31.8 Å². The quantitative estimate of drug-likeness (QED) is 0.251. The van der Waals surface area contributed by atoms with Gasteiger partial charge in [-0.1, -0.05) is 91.9 Å². The monoisotopic (exact) mass is 604 g/mol. The molecule has 0 bridgehead atoms. The third-order valence-electron chi connectivity index (χ3n) is 9.56. The SMILES string of the molecule is CC1CCN(C(=O)[C@@H](Cc2ccc3ccccc3c2)NC(=O)[C@@H](Cc2ccc3ccccc3c2)NC(=O)C2CCNCC2)CC1. The summed E-state index contributed by atoms with van der Waals surface area (Å²) < 4.78 is 0. The van der Waals surface area contributed by atoms with Gasteiger partial charge in [-0.05, 0) is 77.4 Å². The first kappa shape index (κ1) is 30.8. The van der Waals surface area contributed by atoms with E-state index in [0.717, 1.165) is 71.4 Å². The molecule has 3 amide bonds. The average molecular weight is 605 g/mol. The zero-order chi connectivity index (χ0) is 31.2. The molecule has 2 saturated heterocycles. The van der Waals surface area contributed by atoms with Gasteiger partial charge in [-0.2, -0.15) is 0 Å². The predicted octanol–water partition coefficient (Wildman–Crippen LogP) is 5.01. The number of benzene rings is 4. The second-order valence-electron chi connectivity index (χ2n) is 12.9. The number of fused-ring (bicyclic) bond motifs is 2. The number of hydrogen-bond donors (Lipinski definition) is 3. The maximum absolute atomic E-state index is 14.2. The summed E-state index contributed by atoms with van der Waals surface area (Å²) in [5.74, 6) is -0.0324. The van der Waals surface area contributed by atoms with E-state index in [2.05, 4.69) is 71.4 Å². The molecule has 0 aliphatic carbocycles. The first-order valence-corrected chi connectivity index (χ1v) is 16.5. The molecule has 4 aromatic carbocycles. The van der Waals surface area contributed by atoms with E-state index in [1.54, 1.807) is 0 Å². The Kier molecular flexibility index (Phi) is 9.75. The highest BCUT2D eigenvalue weighted by Crippen LogP contribution is 2.21. The Morgan fingerprint density at radius 2 is 1.24 bits per heavy atom. The molecular formula is C38H44N4O3. The van der Waals surface area contributed by atoms with E-state index < -0.39 is 12.1 Å². The normalized spacial score (nSPS) is 17.6. The molecule has 0 unspecified atom stereocenters. The largest absolute Gasteiger partial charge is 0.344 e. The van der Waals surface area contributed by atoms with Gasteiger partial charge in [0.05, 0.1) is 0 Å². The third-order valence-corrected chi connectivity index (χ3v) is 9.56. The van der Waals surface area contributed by atoms with Gasteiger partial charge in [0.1, 0.15) is 12.1 Å². The van der Waals surface area contributed by atoms with E-state index in [9.17, 15) is 14.4 Å². The van der Waals surface area contributed by atoms with Crippen LogP contribution in [-0.4, -0.2) is 60.9 Å². The van der Waals surface area contributed by atoms with E-state index in [1.807, 2.05) is 41.3 Å². The lowest BCUT2D eigenvalue weighted by molar-refractivity contribution is -0.138. The van der Waals surface area contributed by atoms with Gasteiger partial charge in [0.2, 0.25) is 17.7 Å². The summed E-state index contributed by atoms with van der Waals surface area (Å²) in [5.41, 5.74) is 1.95. The van der Waals surface area contributed by atoms with Crippen LogP contribution in [0.25, 0.3) is 21.5 Å². The van der Waals surface area contributed by atoms with Gasteiger partial charge in [-0.15, -0.1) is 0 Å². The zero-order valence-corrected chi connectivity index (χ0v) is 26.1. The minimum atomic E-state index is -0.804. The molecule has 4 aromatic rings. The first-order chi connectivity index (χ1) is 21.9. The van der Waals surface area contributed by atoms with Crippen LogP contribution in [0.5, 0.6) is 0 Å². The van der Waals surface area contributed by atoms with Gasteiger partial charge in [0, 0.05) is 31.8 Å². The van der Waals surface area contributed by atoms with Crippen molar-refractivity contribution in [1.82, 2.24) is 20.9 Å². The molecule has 7 nitrogen and oxygen atoms in total. The Balaban J connectivity index is 1.26. The van der Waals surface area contributed by atoms with E-state index >= 15 is 0 Å². The van der Waals surface area contributed by atoms with Crippen LogP contribution in [0.3, 0.4) is 0 Å². The van der Waals surface area contributed by atoms with Crippen molar-refractivity contribution in [3.8, 4) is 0 Å². The topological polar surface area (TPSA) is 90.5 Å². The third kappa shape index (κ3) is 7.71. The Morgan fingerprint density at radius 1 is 0.711 bits per heavy atom. The van der Waals surface area contributed by atoms with Crippen molar-refractivity contribution in [3.05, 3.63) is 96.1 Å². The summed E-state index contributed by atoms with van der Waals surface area (Å²) >= 11 is 0. The number of nitrogens with zero attached hydrogens (tertiary/aromatic N) is 1. The standard InChI is InChI=1S/C38H44N4O3/c1-26-16-20-42(21-17-26)38(45)35(25-28-11-13-30-7-3-5-9-33(30)23-28)41-37(44)34(40-36(43)31-14-18-39-19-15-31)24-27-10-12-29-6-2-4-8-32(29)22-27/h2-13,22-23,26,31,34-35,39H,14-21,24-25H2,1H3,(H,40,43)(H,41,44)/t34-,35-/m1/s1. The smallest absolute Gasteiger partial charge is 0.245 e. The number of carbonyl (C=O) groups excluding carboxylic acids is 3. The number of piperidine rings is 2. The van der Waals surface area contributed by atoms with Crippen molar-refractivity contribution in [3.63, 3.8) is 0 Å². The van der Waals surface area contributed by atoms with Gasteiger partial charge in [-0.25, -0.2) is 0 Å². The summed E-state index contributed by atoms with van der Waals surface area (Å²) in [6.07, 6.45) is 4.12. The van der Waals surface area contributed by atoms with Crippen LogP contribution in [-0.2, 0) is 27.2 Å². The zero-order valence-electron chi connectivity index (χ0n) is 26.1. The van der Waals surface area contributed by atoms with Crippen LogP contribution < -0.4 is 16.0 Å². The second kappa shape index (κ2) is 14.2. The second-order valence-corrected chi connectivity index (χ2v) is 12.9. The summed E-state index contributed by atoms with van der Waals surface area (Å²) in [7, 11) is 0. The van der Waals surface area contributed by atoms with Gasteiger partial charge < -0.3 is 20.9 Å². The Morgan fingerprint density at radius 3 is 1.82 bits per heavy atom. The van der Waals surface area contributed by atoms with Crippen molar-refractivity contribution in [1.29, 1.82) is 0 Å². The van der Waals surface area contributed by atoms with Crippen LogP contribution in [0.15, 0.2) is 84.9 Å². The molecule has 6 rings (SSSR count). The van der Waals surface area contributed by atoms with Gasteiger partial charge in [0.15, 0.2) is 0 Å². The molecule has 0 aromatic heterocycles. The van der Waals surface area contributed by atoms with Crippen LogP contribution in [0, 0.1) is 11.8 Å². The predicted molar refractivity (Wildman–Crippen MR) is 180 cm³/mol. The van der Waals surface area contributed by atoms with Crippen LogP contribution in [0.2, 0.25) is 0 Å². The molecular weight excluding hydrogens is 560 g/mol. The molecule has 7 heteroatoms. The molecule has 45 heavy (non-hydrogen) atoms. The van der Waals surface area contributed by atoms with Crippen molar-refractivity contribution in [2.75, 3.05) is 26.2 Å². The fraction of sp³-hybridized carbons (Fsp3) is 0.395. The Hall–Kier alpha value is -4.23. The summed E-state index contributed by atoms with van der Waals surface area (Å²) in [6.45, 7) is 5.18. The number of hydrogen-bond acceptors (Lipinski definition) is 4. The fourth-order valence-electron chi connectivity index (χ4n) is 6.71. The van der Waals surface area contributed by atoms with Crippen molar-refractivity contribution >= 4 is 39.3 Å². The molecule has 2 fully saturated rings. The highest BCUT2D eigenvalue weighted by molar-refractivity contribution is 5.93. The first-order valence-electron chi connectivity index (χ1n) is 16.5. The van der Waals surface area contributed by atoms with E-state index in [-0.39, 0.29) is 23.6 Å². The van der Waals surface area contributed by atoms with Crippen molar-refractivity contribution < 1.29 is 14.4 Å². The summed E-state index contributed by atoms with van der Waals surface area (Å²) in [6, 6.07) is 27.1. The lowest BCUT2D eigenvalue weighted by Crippen LogP contribution is -2.57. The molecule has 0 saturated carbocycles. The number of rotatable bonds is 9. The molecule has 2 atom stereocenters. The highest BCUT2D eigenvalue weighted by Gasteiger charge is 2.32. The Labute approximate surface area is 265 Å². The molecule has 2 aliphatic rings. The average Bonchev–Trinajstić information content (AvgIpc) is 3.08. The number of likely N-dealkylation sites (tertiary alicyclic amines) is 1. The minimum Gasteiger partial charge on any atom is -0.344 e. The lowest BCUT2D eigenvalue weighted by Gasteiger charge is -2.34. The van der Waals surface area contributed by atoms with Gasteiger partial charge in [-0.3, -0.25) is 14.4 Å². The molecule has 0 spiro atoms. The van der Waals surface area contributed by atoms with Crippen LogP contribution in [0.1, 0.15) is 43.7 Å². The molecule has 3 N–H and O–H groups in total. The number of carbonyl (C=O) groups is 3. The lowest BCUT2D eigenvalue weighted by atomic mass is 9.95. The highest BCUT2D eigenvalue weighted by atomic mass is 16.2. The molecule has 2 heterocycles.